The molecular formula is C16H20BrNO3S. The van der Waals surface area contributed by atoms with Gasteiger partial charge in [0, 0.05) is 34.6 Å². The highest BCUT2D eigenvalue weighted by Gasteiger charge is 2.31. The number of rotatable bonds is 5. The summed E-state index contributed by atoms with van der Waals surface area (Å²) >= 11 is 5.04. The number of benzene rings is 1. The summed E-state index contributed by atoms with van der Waals surface area (Å²) in [6.45, 7) is 3.03. The molecule has 1 aromatic rings. The number of aliphatic carboxylic acids is 1. The molecule has 1 saturated heterocycles. The summed E-state index contributed by atoms with van der Waals surface area (Å²) in [7, 11) is 0. The van der Waals surface area contributed by atoms with Gasteiger partial charge in [-0.25, -0.2) is 0 Å². The molecule has 120 valence electrons. The van der Waals surface area contributed by atoms with Crippen molar-refractivity contribution in [3.05, 3.63) is 28.7 Å². The summed E-state index contributed by atoms with van der Waals surface area (Å²) in [5.74, 6) is -0.205. The van der Waals surface area contributed by atoms with Crippen molar-refractivity contribution in [3.8, 4) is 0 Å². The zero-order valence-electron chi connectivity index (χ0n) is 12.5. The molecule has 2 atom stereocenters. The Morgan fingerprint density at radius 2 is 2.00 bits per heavy atom. The number of carbonyl (C=O) groups excluding carboxylic acids is 1. The molecule has 4 nitrogen and oxygen atoms in total. The van der Waals surface area contributed by atoms with Crippen LogP contribution in [0.2, 0.25) is 0 Å². The Morgan fingerprint density at radius 3 is 2.64 bits per heavy atom. The molecule has 0 aromatic heterocycles. The van der Waals surface area contributed by atoms with Crippen LogP contribution in [0.3, 0.4) is 0 Å². The first-order valence-electron chi connectivity index (χ1n) is 7.34. The highest BCUT2D eigenvalue weighted by Crippen LogP contribution is 2.24. The van der Waals surface area contributed by atoms with Gasteiger partial charge in [0.1, 0.15) is 0 Å². The molecule has 1 amide bonds. The van der Waals surface area contributed by atoms with Crippen LogP contribution >= 0.6 is 27.7 Å². The molecular weight excluding hydrogens is 366 g/mol. The van der Waals surface area contributed by atoms with Gasteiger partial charge < -0.3 is 10.0 Å². The Morgan fingerprint density at radius 1 is 1.32 bits per heavy atom. The number of hydrogen-bond donors (Lipinski definition) is 1. The van der Waals surface area contributed by atoms with Gasteiger partial charge in [0.05, 0.1) is 5.92 Å². The lowest BCUT2D eigenvalue weighted by molar-refractivity contribution is -0.146. The molecule has 1 aliphatic rings. The van der Waals surface area contributed by atoms with E-state index in [2.05, 4.69) is 15.9 Å². The number of thioether (sulfide) groups is 1. The lowest BCUT2D eigenvalue weighted by atomic mass is 9.90. The highest BCUT2D eigenvalue weighted by molar-refractivity contribution is 9.10. The molecule has 6 heteroatoms. The van der Waals surface area contributed by atoms with Gasteiger partial charge in [0.25, 0.3) is 0 Å². The third-order valence-electron chi connectivity index (χ3n) is 3.76. The standard InChI is InChI=1S/C16H20BrNO3S/c1-11-8-12(16(20)21)10-18(9-11)15(19)6-7-22-14-4-2-13(17)3-5-14/h2-5,11-12H,6-10H2,1H3,(H,20,21). The number of amides is 1. The third-order valence-corrected chi connectivity index (χ3v) is 5.30. The van der Waals surface area contributed by atoms with E-state index < -0.39 is 11.9 Å². The number of carbonyl (C=O) groups is 2. The minimum absolute atomic E-state index is 0.0578. The van der Waals surface area contributed by atoms with Crippen LogP contribution in [0, 0.1) is 11.8 Å². The van der Waals surface area contributed by atoms with E-state index in [4.69, 9.17) is 5.11 Å². The fourth-order valence-corrected chi connectivity index (χ4v) is 3.78. The maximum absolute atomic E-state index is 12.3. The molecule has 2 unspecified atom stereocenters. The second-order valence-corrected chi connectivity index (χ2v) is 7.81. The molecule has 0 aliphatic carbocycles. The van der Waals surface area contributed by atoms with E-state index >= 15 is 0 Å². The Labute approximate surface area is 143 Å². The zero-order chi connectivity index (χ0) is 16.1. The van der Waals surface area contributed by atoms with Gasteiger partial charge in [-0.05, 0) is 36.6 Å². The number of piperidine rings is 1. The van der Waals surface area contributed by atoms with Gasteiger partial charge in [-0.15, -0.1) is 11.8 Å². The average Bonchev–Trinajstić information content (AvgIpc) is 2.48. The SMILES string of the molecule is CC1CC(C(=O)O)CN(C(=O)CCSc2ccc(Br)cc2)C1. The zero-order valence-corrected chi connectivity index (χ0v) is 14.9. The Hall–Kier alpha value is -1.01. The Kier molecular flexibility index (Phi) is 6.32. The predicted molar refractivity (Wildman–Crippen MR) is 91.0 cm³/mol. The molecule has 2 rings (SSSR count). The van der Waals surface area contributed by atoms with Gasteiger partial charge in [-0.1, -0.05) is 22.9 Å². The molecule has 1 N–H and O–H groups in total. The van der Waals surface area contributed by atoms with Crippen molar-refractivity contribution in [2.75, 3.05) is 18.8 Å². The molecule has 0 saturated carbocycles. The molecule has 1 aliphatic heterocycles. The van der Waals surface area contributed by atoms with Crippen LogP contribution in [0.4, 0.5) is 0 Å². The largest absolute Gasteiger partial charge is 0.481 e. The van der Waals surface area contributed by atoms with Crippen molar-refractivity contribution >= 4 is 39.6 Å². The van der Waals surface area contributed by atoms with Gasteiger partial charge in [0.15, 0.2) is 0 Å². The summed E-state index contributed by atoms with van der Waals surface area (Å²) in [6, 6.07) is 7.99. The van der Waals surface area contributed by atoms with Crippen molar-refractivity contribution in [3.63, 3.8) is 0 Å². The smallest absolute Gasteiger partial charge is 0.308 e. The fourth-order valence-electron chi connectivity index (χ4n) is 2.68. The van der Waals surface area contributed by atoms with Crippen molar-refractivity contribution in [2.24, 2.45) is 11.8 Å². The minimum atomic E-state index is -0.798. The Bertz CT molecular complexity index is 535. The fraction of sp³-hybridized carbons (Fsp3) is 0.500. The molecule has 0 radical (unpaired) electrons. The topological polar surface area (TPSA) is 57.6 Å². The van der Waals surface area contributed by atoms with Crippen LogP contribution in [0.5, 0.6) is 0 Å². The number of carboxylic acid groups (broad SMARTS) is 1. The number of halogens is 1. The average molecular weight is 386 g/mol. The summed E-state index contributed by atoms with van der Waals surface area (Å²) in [4.78, 5) is 26.3. The molecule has 22 heavy (non-hydrogen) atoms. The van der Waals surface area contributed by atoms with Crippen LogP contribution in [-0.4, -0.2) is 40.7 Å². The van der Waals surface area contributed by atoms with Crippen LogP contribution in [0.1, 0.15) is 19.8 Å². The molecule has 1 aromatic carbocycles. The molecule has 0 bridgehead atoms. The summed E-state index contributed by atoms with van der Waals surface area (Å²) in [6.07, 6.45) is 1.10. The summed E-state index contributed by atoms with van der Waals surface area (Å²) < 4.78 is 1.04. The van der Waals surface area contributed by atoms with Crippen LogP contribution in [-0.2, 0) is 9.59 Å². The number of hydrogen-bond acceptors (Lipinski definition) is 3. The van der Waals surface area contributed by atoms with E-state index in [9.17, 15) is 9.59 Å². The van der Waals surface area contributed by atoms with E-state index in [1.165, 1.54) is 0 Å². The third kappa shape index (κ3) is 5.02. The summed E-state index contributed by atoms with van der Waals surface area (Å²) in [5, 5.41) is 9.16. The first kappa shape index (κ1) is 17.3. The quantitative estimate of drug-likeness (QED) is 0.787. The second kappa shape index (κ2) is 8.02. The van der Waals surface area contributed by atoms with Crippen LogP contribution < -0.4 is 0 Å². The first-order valence-corrected chi connectivity index (χ1v) is 9.12. The van der Waals surface area contributed by atoms with E-state index in [-0.39, 0.29) is 11.8 Å². The first-order chi connectivity index (χ1) is 10.5. The lowest BCUT2D eigenvalue weighted by Crippen LogP contribution is -2.45. The Balaban J connectivity index is 1.81. The predicted octanol–water partition coefficient (Wildman–Crippen LogP) is 3.50. The number of carboxylic acids is 1. The lowest BCUT2D eigenvalue weighted by Gasteiger charge is -2.34. The van der Waals surface area contributed by atoms with Gasteiger partial charge in [0.2, 0.25) is 5.91 Å². The van der Waals surface area contributed by atoms with E-state index in [0.717, 1.165) is 9.37 Å². The minimum Gasteiger partial charge on any atom is -0.481 e. The normalized spacial score (nSPS) is 21.6. The monoisotopic (exact) mass is 385 g/mol. The second-order valence-electron chi connectivity index (χ2n) is 5.73. The number of likely N-dealkylation sites (tertiary alicyclic amines) is 1. The maximum Gasteiger partial charge on any atom is 0.308 e. The highest BCUT2D eigenvalue weighted by atomic mass is 79.9. The van der Waals surface area contributed by atoms with E-state index in [1.54, 1.807) is 16.7 Å². The van der Waals surface area contributed by atoms with Gasteiger partial charge >= 0.3 is 5.97 Å². The van der Waals surface area contributed by atoms with Gasteiger partial charge in [-0.3, -0.25) is 9.59 Å². The van der Waals surface area contributed by atoms with Gasteiger partial charge in [-0.2, -0.15) is 0 Å². The van der Waals surface area contributed by atoms with Crippen LogP contribution in [0.15, 0.2) is 33.6 Å². The maximum atomic E-state index is 12.3. The van der Waals surface area contributed by atoms with E-state index in [0.29, 0.717) is 31.7 Å². The van der Waals surface area contributed by atoms with Crippen molar-refractivity contribution in [1.29, 1.82) is 0 Å². The van der Waals surface area contributed by atoms with Crippen molar-refractivity contribution in [2.45, 2.75) is 24.7 Å². The summed E-state index contributed by atoms with van der Waals surface area (Å²) in [5.41, 5.74) is 0. The van der Waals surface area contributed by atoms with Crippen molar-refractivity contribution in [1.82, 2.24) is 4.90 Å². The van der Waals surface area contributed by atoms with Crippen molar-refractivity contribution < 1.29 is 14.7 Å². The van der Waals surface area contributed by atoms with Crippen LogP contribution in [0.25, 0.3) is 0 Å². The number of nitrogens with zero attached hydrogens (tertiary/aromatic N) is 1. The molecule has 0 spiro atoms. The van der Waals surface area contributed by atoms with E-state index in [1.807, 2.05) is 31.2 Å². The molecule has 1 fully saturated rings. The molecule has 1 heterocycles.